The lowest BCUT2D eigenvalue weighted by Gasteiger charge is -2.26. The van der Waals surface area contributed by atoms with Crippen LogP contribution in [0.5, 0.6) is 5.75 Å². The maximum atomic E-state index is 5.64. The average Bonchev–Trinajstić information content (AvgIpc) is 2.67. The van der Waals surface area contributed by atoms with Gasteiger partial charge in [-0.15, -0.1) is 0 Å². The Balaban J connectivity index is 1.84. The van der Waals surface area contributed by atoms with E-state index in [2.05, 4.69) is 40.6 Å². The predicted molar refractivity (Wildman–Crippen MR) is 107 cm³/mol. The predicted octanol–water partition coefficient (Wildman–Crippen LogP) is 4.66. The Kier molecular flexibility index (Phi) is 4.20. The molecule has 0 bridgehead atoms. The highest BCUT2D eigenvalue weighted by molar-refractivity contribution is 7.80. The van der Waals surface area contributed by atoms with Crippen LogP contribution in [0.3, 0.4) is 0 Å². The number of nitrogens with one attached hydrogen (secondary N) is 1. The fraction of sp³-hybridized carbons (Fsp3) is 0.143. The number of hydrogen-bond donors (Lipinski definition) is 1. The van der Waals surface area contributed by atoms with E-state index in [0.717, 1.165) is 28.8 Å². The molecule has 3 aromatic rings. The quantitative estimate of drug-likeness (QED) is 0.701. The highest BCUT2D eigenvalue weighted by Crippen LogP contribution is 2.33. The third kappa shape index (κ3) is 3.01. The molecular weight excluding hydrogens is 328 g/mol. The van der Waals surface area contributed by atoms with Crippen LogP contribution in [0, 0.1) is 0 Å². The molecule has 0 saturated heterocycles. The molecule has 3 nitrogen and oxygen atoms in total. The van der Waals surface area contributed by atoms with Crippen LogP contribution < -0.4 is 10.1 Å². The lowest BCUT2D eigenvalue weighted by Crippen LogP contribution is -2.33. The van der Waals surface area contributed by atoms with Crippen molar-refractivity contribution in [3.05, 3.63) is 77.9 Å². The number of aliphatic imine (C=N–C) groups is 1. The van der Waals surface area contributed by atoms with E-state index >= 15 is 0 Å². The van der Waals surface area contributed by atoms with Crippen molar-refractivity contribution in [2.45, 2.75) is 12.5 Å². The zero-order valence-electron chi connectivity index (χ0n) is 13.9. The van der Waals surface area contributed by atoms with E-state index < -0.39 is 0 Å². The van der Waals surface area contributed by atoms with E-state index in [1.54, 1.807) is 7.11 Å². The lowest BCUT2D eigenvalue weighted by molar-refractivity contribution is 0.414. The topological polar surface area (TPSA) is 33.6 Å². The van der Waals surface area contributed by atoms with Gasteiger partial charge in [0.2, 0.25) is 0 Å². The third-order valence-electron chi connectivity index (χ3n) is 4.53. The van der Waals surface area contributed by atoms with Crippen LogP contribution in [-0.4, -0.2) is 17.9 Å². The Bertz CT molecular complexity index is 966. The molecule has 0 amide bonds. The SMILES string of the molecule is COc1ccc2ccccc2c1C1=NC(=S)NC(c2ccccc2)C1. The van der Waals surface area contributed by atoms with Gasteiger partial charge in [-0.25, -0.2) is 4.99 Å². The standard InChI is InChI=1S/C21H18N2OS/c1-24-19-12-11-14-7-5-6-10-16(14)20(19)18-13-17(22-21(25)23-18)15-8-3-2-4-9-15/h2-12,17H,13H2,1H3,(H,22,25). The molecule has 0 spiro atoms. The molecule has 1 aliphatic heterocycles. The van der Waals surface area contributed by atoms with Gasteiger partial charge in [-0.05, 0) is 34.6 Å². The van der Waals surface area contributed by atoms with Gasteiger partial charge in [-0.2, -0.15) is 0 Å². The van der Waals surface area contributed by atoms with Crippen LogP contribution in [0.15, 0.2) is 71.7 Å². The van der Waals surface area contributed by atoms with Gasteiger partial charge in [-0.3, -0.25) is 0 Å². The molecule has 124 valence electrons. The first-order valence-electron chi connectivity index (χ1n) is 8.25. The van der Waals surface area contributed by atoms with Gasteiger partial charge >= 0.3 is 0 Å². The highest BCUT2D eigenvalue weighted by atomic mass is 32.1. The molecule has 4 heteroatoms. The summed E-state index contributed by atoms with van der Waals surface area (Å²) in [6.45, 7) is 0. The molecule has 1 unspecified atom stereocenters. The minimum Gasteiger partial charge on any atom is -0.496 e. The Morgan fingerprint density at radius 1 is 1.00 bits per heavy atom. The molecule has 0 aliphatic carbocycles. The molecule has 1 N–H and O–H groups in total. The summed E-state index contributed by atoms with van der Waals surface area (Å²) in [4.78, 5) is 4.64. The number of rotatable bonds is 3. The first kappa shape index (κ1) is 15.8. The van der Waals surface area contributed by atoms with Crippen molar-refractivity contribution in [1.29, 1.82) is 0 Å². The summed E-state index contributed by atoms with van der Waals surface area (Å²) in [5.41, 5.74) is 3.20. The van der Waals surface area contributed by atoms with Crippen molar-refractivity contribution in [2.24, 2.45) is 4.99 Å². The van der Waals surface area contributed by atoms with Gasteiger partial charge in [0.25, 0.3) is 0 Å². The second-order valence-corrected chi connectivity index (χ2v) is 6.43. The van der Waals surface area contributed by atoms with Crippen molar-refractivity contribution < 1.29 is 4.74 Å². The number of hydrogen-bond acceptors (Lipinski definition) is 2. The number of nitrogens with zero attached hydrogens (tertiary/aromatic N) is 1. The molecule has 25 heavy (non-hydrogen) atoms. The smallest absolute Gasteiger partial charge is 0.193 e. The summed E-state index contributed by atoms with van der Waals surface area (Å²) >= 11 is 5.42. The fourth-order valence-electron chi connectivity index (χ4n) is 3.36. The van der Waals surface area contributed by atoms with Gasteiger partial charge in [0, 0.05) is 12.0 Å². The molecule has 0 radical (unpaired) electrons. The minimum absolute atomic E-state index is 0.116. The van der Waals surface area contributed by atoms with E-state index in [9.17, 15) is 0 Å². The zero-order valence-corrected chi connectivity index (χ0v) is 14.7. The molecular formula is C21H18N2OS. The van der Waals surface area contributed by atoms with E-state index in [-0.39, 0.29) is 6.04 Å². The second kappa shape index (κ2) is 6.65. The summed E-state index contributed by atoms with van der Waals surface area (Å²) < 4.78 is 5.64. The van der Waals surface area contributed by atoms with Crippen molar-refractivity contribution in [3.63, 3.8) is 0 Å². The largest absolute Gasteiger partial charge is 0.496 e. The van der Waals surface area contributed by atoms with Crippen molar-refractivity contribution >= 4 is 33.8 Å². The summed E-state index contributed by atoms with van der Waals surface area (Å²) in [7, 11) is 1.70. The number of ether oxygens (including phenoxy) is 1. The molecule has 1 heterocycles. The number of methoxy groups -OCH3 is 1. The van der Waals surface area contributed by atoms with Crippen LogP contribution in [0.1, 0.15) is 23.6 Å². The van der Waals surface area contributed by atoms with Crippen LogP contribution in [-0.2, 0) is 0 Å². The fourth-order valence-corrected chi connectivity index (χ4v) is 3.61. The molecule has 1 aliphatic rings. The molecule has 0 saturated carbocycles. The van der Waals surface area contributed by atoms with Crippen molar-refractivity contribution in [3.8, 4) is 5.75 Å². The number of benzene rings is 3. The molecule has 4 rings (SSSR count). The van der Waals surface area contributed by atoms with E-state index in [4.69, 9.17) is 17.0 Å². The monoisotopic (exact) mass is 346 g/mol. The summed E-state index contributed by atoms with van der Waals surface area (Å²) in [6, 6.07) is 22.8. The second-order valence-electron chi connectivity index (χ2n) is 6.04. The van der Waals surface area contributed by atoms with Crippen molar-refractivity contribution in [1.82, 2.24) is 5.32 Å². The highest BCUT2D eigenvalue weighted by Gasteiger charge is 2.24. The first-order chi connectivity index (χ1) is 12.3. The summed E-state index contributed by atoms with van der Waals surface area (Å²) in [5.74, 6) is 0.828. The maximum Gasteiger partial charge on any atom is 0.193 e. The Morgan fingerprint density at radius 2 is 1.76 bits per heavy atom. The summed E-state index contributed by atoms with van der Waals surface area (Å²) in [5, 5.41) is 6.14. The Hall–Kier alpha value is -2.72. The molecule has 3 aromatic carbocycles. The van der Waals surface area contributed by atoms with Crippen LogP contribution in [0.25, 0.3) is 10.8 Å². The van der Waals surface area contributed by atoms with E-state index in [1.807, 2.05) is 36.4 Å². The van der Waals surface area contributed by atoms with Gasteiger partial charge in [0.05, 0.1) is 18.9 Å². The molecule has 0 fully saturated rings. The van der Waals surface area contributed by atoms with Gasteiger partial charge in [0.15, 0.2) is 5.11 Å². The summed E-state index contributed by atoms with van der Waals surface area (Å²) in [6.07, 6.45) is 0.758. The molecule has 0 aromatic heterocycles. The van der Waals surface area contributed by atoms with Crippen molar-refractivity contribution in [2.75, 3.05) is 7.11 Å². The van der Waals surface area contributed by atoms with Crippen LogP contribution >= 0.6 is 12.2 Å². The van der Waals surface area contributed by atoms with E-state index in [1.165, 1.54) is 10.9 Å². The Labute approximate surface area is 152 Å². The number of fused-ring (bicyclic) bond motifs is 1. The lowest BCUT2D eigenvalue weighted by atomic mass is 9.92. The Morgan fingerprint density at radius 3 is 2.56 bits per heavy atom. The minimum atomic E-state index is 0.116. The van der Waals surface area contributed by atoms with Gasteiger partial charge in [0.1, 0.15) is 5.75 Å². The third-order valence-corrected chi connectivity index (χ3v) is 4.74. The average molecular weight is 346 g/mol. The van der Waals surface area contributed by atoms with Gasteiger partial charge in [-0.1, -0.05) is 60.7 Å². The van der Waals surface area contributed by atoms with E-state index in [0.29, 0.717) is 5.11 Å². The van der Waals surface area contributed by atoms with Crippen LogP contribution in [0.4, 0.5) is 0 Å². The zero-order chi connectivity index (χ0) is 17.2. The number of thiocarbonyl (C=S) groups is 1. The maximum absolute atomic E-state index is 5.64. The molecule has 1 atom stereocenters. The first-order valence-corrected chi connectivity index (χ1v) is 8.66. The van der Waals surface area contributed by atoms with Crippen LogP contribution in [0.2, 0.25) is 0 Å². The normalized spacial score (nSPS) is 17.1. The van der Waals surface area contributed by atoms with Gasteiger partial charge < -0.3 is 10.1 Å².